The molecule has 114 valence electrons. The average Bonchev–Trinajstić information content (AvgIpc) is 2.94. The molecule has 23 heavy (non-hydrogen) atoms. The van der Waals surface area contributed by atoms with E-state index in [2.05, 4.69) is 10.1 Å². The van der Waals surface area contributed by atoms with Crippen molar-refractivity contribution in [3.63, 3.8) is 0 Å². The van der Waals surface area contributed by atoms with Gasteiger partial charge < -0.3 is 0 Å². The summed E-state index contributed by atoms with van der Waals surface area (Å²) in [7, 11) is 0. The van der Waals surface area contributed by atoms with Gasteiger partial charge in [0.15, 0.2) is 5.65 Å². The zero-order chi connectivity index (χ0) is 16.6. The summed E-state index contributed by atoms with van der Waals surface area (Å²) < 4.78 is 1.42. The van der Waals surface area contributed by atoms with Gasteiger partial charge in [0, 0.05) is 29.8 Å². The molecule has 0 aliphatic carbocycles. The van der Waals surface area contributed by atoms with Crippen LogP contribution in [-0.2, 0) is 6.42 Å². The number of nitro groups is 1. The number of nitrogens with zero attached hydrogens (tertiary/aromatic N) is 5. The Labute approximate surface area is 135 Å². The number of hydrogen-bond donors (Lipinski definition) is 0. The first kappa shape index (κ1) is 14.9. The maximum Gasteiger partial charge on any atom is 0.269 e. The zero-order valence-corrected chi connectivity index (χ0v) is 12.8. The molecule has 8 heteroatoms. The minimum atomic E-state index is -0.442. The van der Waals surface area contributed by atoms with Gasteiger partial charge in [0.2, 0.25) is 0 Å². The Morgan fingerprint density at radius 2 is 2.09 bits per heavy atom. The molecule has 0 fully saturated rings. The van der Waals surface area contributed by atoms with Crippen LogP contribution in [0.15, 0.2) is 30.5 Å². The smallest absolute Gasteiger partial charge is 0.258 e. The summed E-state index contributed by atoms with van der Waals surface area (Å²) in [4.78, 5) is 14.6. The third-order valence-corrected chi connectivity index (χ3v) is 3.93. The highest BCUT2D eigenvalue weighted by atomic mass is 35.5. The van der Waals surface area contributed by atoms with Gasteiger partial charge in [0.1, 0.15) is 16.8 Å². The van der Waals surface area contributed by atoms with E-state index in [0.29, 0.717) is 28.5 Å². The van der Waals surface area contributed by atoms with Gasteiger partial charge in [-0.25, -0.2) is 9.50 Å². The quantitative estimate of drug-likeness (QED) is 0.418. The lowest BCUT2D eigenvalue weighted by Crippen LogP contribution is -2.03. The maximum atomic E-state index is 10.7. The Bertz CT molecular complexity index is 957. The molecule has 3 aromatic rings. The predicted molar refractivity (Wildman–Crippen MR) is 83.4 cm³/mol. The van der Waals surface area contributed by atoms with Crippen LogP contribution < -0.4 is 0 Å². The van der Waals surface area contributed by atoms with Crippen LogP contribution in [0, 0.1) is 28.4 Å². The van der Waals surface area contributed by atoms with Crippen molar-refractivity contribution in [3.05, 3.63) is 68.1 Å². The standard InChI is InChI=1S/C15H10ClN5O2/c1-9-13(6-10-2-4-12(5-3-10)21(22)23)14(16)20-15(19-9)11(7-17)8-18-20/h2-5,8H,6H2,1H3. The summed E-state index contributed by atoms with van der Waals surface area (Å²) in [5.74, 6) is 0. The normalized spacial score (nSPS) is 10.7. The van der Waals surface area contributed by atoms with Crippen LogP contribution in [-0.4, -0.2) is 19.5 Å². The average molecular weight is 328 g/mol. The molecule has 0 bridgehead atoms. The summed E-state index contributed by atoms with van der Waals surface area (Å²) in [6, 6.07) is 8.29. The lowest BCUT2D eigenvalue weighted by Gasteiger charge is -2.09. The van der Waals surface area contributed by atoms with E-state index < -0.39 is 4.92 Å². The van der Waals surface area contributed by atoms with Crippen LogP contribution in [0.5, 0.6) is 0 Å². The number of nitriles is 1. The molecular formula is C15H10ClN5O2. The van der Waals surface area contributed by atoms with Crippen molar-refractivity contribution in [2.24, 2.45) is 0 Å². The molecular weight excluding hydrogens is 318 g/mol. The van der Waals surface area contributed by atoms with E-state index in [4.69, 9.17) is 16.9 Å². The highest BCUT2D eigenvalue weighted by molar-refractivity contribution is 6.30. The largest absolute Gasteiger partial charge is 0.269 e. The van der Waals surface area contributed by atoms with E-state index in [1.807, 2.05) is 6.07 Å². The number of rotatable bonds is 3. The molecule has 0 unspecified atom stereocenters. The lowest BCUT2D eigenvalue weighted by molar-refractivity contribution is -0.384. The first-order valence-corrected chi connectivity index (χ1v) is 7.05. The number of hydrogen-bond acceptors (Lipinski definition) is 5. The van der Waals surface area contributed by atoms with Crippen molar-refractivity contribution < 1.29 is 4.92 Å². The monoisotopic (exact) mass is 327 g/mol. The minimum Gasteiger partial charge on any atom is -0.258 e. The second-order valence-corrected chi connectivity index (χ2v) is 5.33. The number of aromatic nitrogens is 3. The first-order chi connectivity index (χ1) is 11.0. The van der Waals surface area contributed by atoms with Gasteiger partial charge in [-0.15, -0.1) is 0 Å². The molecule has 3 rings (SSSR count). The van der Waals surface area contributed by atoms with E-state index in [0.717, 1.165) is 11.1 Å². The van der Waals surface area contributed by atoms with E-state index in [1.165, 1.54) is 22.8 Å². The van der Waals surface area contributed by atoms with Gasteiger partial charge in [-0.2, -0.15) is 10.4 Å². The van der Waals surface area contributed by atoms with Crippen LogP contribution in [0.4, 0.5) is 5.69 Å². The number of nitro benzene ring substituents is 1. The molecule has 0 N–H and O–H groups in total. The van der Waals surface area contributed by atoms with Gasteiger partial charge in [-0.3, -0.25) is 10.1 Å². The van der Waals surface area contributed by atoms with Crippen molar-refractivity contribution in [2.75, 3.05) is 0 Å². The van der Waals surface area contributed by atoms with Crippen molar-refractivity contribution in [2.45, 2.75) is 13.3 Å². The molecule has 2 aromatic heterocycles. The molecule has 7 nitrogen and oxygen atoms in total. The fourth-order valence-electron chi connectivity index (χ4n) is 2.32. The second kappa shape index (κ2) is 5.66. The van der Waals surface area contributed by atoms with Gasteiger partial charge in [-0.05, 0) is 12.5 Å². The third-order valence-electron chi connectivity index (χ3n) is 3.54. The SMILES string of the molecule is Cc1nc2c(C#N)cnn2c(Cl)c1Cc1ccc([N+](=O)[O-])cc1. The Hall–Kier alpha value is -2.98. The van der Waals surface area contributed by atoms with Crippen molar-refractivity contribution in [1.82, 2.24) is 14.6 Å². The molecule has 0 spiro atoms. The summed E-state index contributed by atoms with van der Waals surface area (Å²) in [5.41, 5.74) is 3.14. The summed E-state index contributed by atoms with van der Waals surface area (Å²) >= 11 is 6.39. The predicted octanol–water partition coefficient (Wildman–Crippen LogP) is 3.06. The van der Waals surface area contributed by atoms with E-state index >= 15 is 0 Å². The number of aryl methyl sites for hydroxylation is 1. The fourth-order valence-corrected chi connectivity index (χ4v) is 2.64. The Kier molecular flexibility index (Phi) is 3.68. The van der Waals surface area contributed by atoms with Gasteiger partial charge >= 0.3 is 0 Å². The van der Waals surface area contributed by atoms with Gasteiger partial charge in [0.05, 0.1) is 11.1 Å². The third kappa shape index (κ3) is 2.60. The van der Waals surface area contributed by atoms with Gasteiger partial charge in [0.25, 0.3) is 5.69 Å². The molecule has 0 saturated heterocycles. The summed E-state index contributed by atoms with van der Waals surface area (Å²) in [5, 5.41) is 24.2. The maximum absolute atomic E-state index is 10.7. The van der Waals surface area contributed by atoms with Gasteiger partial charge in [-0.1, -0.05) is 23.7 Å². The highest BCUT2D eigenvalue weighted by Gasteiger charge is 2.15. The number of non-ortho nitro benzene ring substituents is 1. The first-order valence-electron chi connectivity index (χ1n) is 6.67. The molecule has 1 aromatic carbocycles. The summed E-state index contributed by atoms with van der Waals surface area (Å²) in [6.45, 7) is 1.81. The number of benzene rings is 1. The van der Waals surface area contributed by atoms with Crippen molar-refractivity contribution in [1.29, 1.82) is 5.26 Å². The summed E-state index contributed by atoms with van der Waals surface area (Å²) in [6.07, 6.45) is 1.89. The topological polar surface area (TPSA) is 97.1 Å². The van der Waals surface area contributed by atoms with Crippen LogP contribution >= 0.6 is 11.6 Å². The Morgan fingerprint density at radius 1 is 1.39 bits per heavy atom. The fraction of sp³-hybridized carbons (Fsp3) is 0.133. The zero-order valence-electron chi connectivity index (χ0n) is 12.0. The molecule has 0 atom stereocenters. The molecule has 0 saturated carbocycles. The lowest BCUT2D eigenvalue weighted by atomic mass is 10.0. The Balaban J connectivity index is 2.03. The van der Waals surface area contributed by atoms with Crippen LogP contribution in [0.2, 0.25) is 5.15 Å². The molecule has 0 aliphatic rings. The van der Waals surface area contributed by atoms with Crippen LogP contribution in [0.25, 0.3) is 5.65 Å². The highest BCUT2D eigenvalue weighted by Crippen LogP contribution is 2.25. The molecule has 0 radical (unpaired) electrons. The van der Waals surface area contributed by atoms with E-state index in [1.54, 1.807) is 19.1 Å². The van der Waals surface area contributed by atoms with Crippen LogP contribution in [0.1, 0.15) is 22.4 Å². The van der Waals surface area contributed by atoms with E-state index in [9.17, 15) is 10.1 Å². The Morgan fingerprint density at radius 3 is 2.70 bits per heavy atom. The van der Waals surface area contributed by atoms with Crippen molar-refractivity contribution in [3.8, 4) is 6.07 Å². The molecule has 0 aliphatic heterocycles. The number of fused-ring (bicyclic) bond motifs is 1. The minimum absolute atomic E-state index is 0.0379. The van der Waals surface area contributed by atoms with Crippen LogP contribution in [0.3, 0.4) is 0 Å². The van der Waals surface area contributed by atoms with E-state index in [-0.39, 0.29) is 5.69 Å². The molecule has 2 heterocycles. The second-order valence-electron chi connectivity index (χ2n) is 4.97. The number of halogens is 1. The van der Waals surface area contributed by atoms with Crippen molar-refractivity contribution >= 4 is 22.9 Å². The molecule has 0 amide bonds.